The molecule has 2 nitrogen and oxygen atoms in total. The molecule has 0 spiro atoms. The maximum Gasteiger partial charge on any atom is 0.0223 e. The van der Waals surface area contributed by atoms with Crippen LogP contribution in [0.15, 0.2) is 0 Å². The molecular formula is C15H28N2S. The summed E-state index contributed by atoms with van der Waals surface area (Å²) in [5.41, 5.74) is 0. The number of piperidine rings is 1. The third-order valence-corrected chi connectivity index (χ3v) is 6.41. The van der Waals surface area contributed by atoms with Crippen molar-refractivity contribution >= 4 is 11.8 Å². The third-order valence-electron chi connectivity index (χ3n) is 5.03. The molecule has 18 heavy (non-hydrogen) atoms. The molecule has 104 valence electrons. The molecule has 0 amide bonds. The van der Waals surface area contributed by atoms with Crippen molar-refractivity contribution in [3.8, 4) is 0 Å². The van der Waals surface area contributed by atoms with E-state index < -0.39 is 0 Å². The Bertz CT molecular complexity index is 263. The van der Waals surface area contributed by atoms with Gasteiger partial charge in [0.15, 0.2) is 0 Å². The standard InChI is InChI=1S/C15H28N2S/c1-13-10-16-8-4-2-6-14(16)11-17(13)12-15-7-3-5-9-18-15/h13-15H,2-12H2,1H3. The van der Waals surface area contributed by atoms with E-state index in [2.05, 4.69) is 28.5 Å². The maximum atomic E-state index is 2.80. The van der Waals surface area contributed by atoms with Gasteiger partial charge in [0, 0.05) is 37.0 Å². The topological polar surface area (TPSA) is 6.48 Å². The highest BCUT2D eigenvalue weighted by molar-refractivity contribution is 7.99. The Hall–Kier alpha value is 0.270. The highest BCUT2D eigenvalue weighted by Gasteiger charge is 2.33. The van der Waals surface area contributed by atoms with Gasteiger partial charge in [-0.05, 0) is 44.9 Å². The van der Waals surface area contributed by atoms with Crippen LogP contribution in [0.1, 0.15) is 45.4 Å². The Morgan fingerprint density at radius 2 is 1.94 bits per heavy atom. The molecule has 0 radical (unpaired) electrons. The predicted octanol–water partition coefficient (Wildman–Crippen LogP) is 2.83. The lowest BCUT2D eigenvalue weighted by Crippen LogP contribution is -2.59. The molecule has 3 heteroatoms. The second-order valence-corrected chi connectivity index (χ2v) is 7.84. The van der Waals surface area contributed by atoms with E-state index in [4.69, 9.17) is 0 Å². The van der Waals surface area contributed by atoms with Crippen LogP contribution >= 0.6 is 11.8 Å². The maximum absolute atomic E-state index is 2.80. The van der Waals surface area contributed by atoms with Crippen molar-refractivity contribution < 1.29 is 0 Å². The van der Waals surface area contributed by atoms with Gasteiger partial charge in [-0.1, -0.05) is 12.8 Å². The van der Waals surface area contributed by atoms with Crippen molar-refractivity contribution in [1.82, 2.24) is 9.80 Å². The summed E-state index contributed by atoms with van der Waals surface area (Å²) < 4.78 is 0. The normalized spacial score (nSPS) is 39.5. The van der Waals surface area contributed by atoms with Gasteiger partial charge in [0.1, 0.15) is 0 Å². The van der Waals surface area contributed by atoms with Gasteiger partial charge in [-0.3, -0.25) is 9.80 Å². The van der Waals surface area contributed by atoms with Crippen molar-refractivity contribution in [2.24, 2.45) is 0 Å². The predicted molar refractivity (Wildman–Crippen MR) is 80.3 cm³/mol. The molecule has 0 saturated carbocycles. The lowest BCUT2D eigenvalue weighted by Gasteiger charge is -2.48. The molecule has 0 N–H and O–H groups in total. The molecule has 3 rings (SSSR count). The van der Waals surface area contributed by atoms with Gasteiger partial charge in [-0.25, -0.2) is 0 Å². The number of piperazine rings is 1. The number of fused-ring (bicyclic) bond motifs is 1. The minimum atomic E-state index is 0.780. The number of hydrogen-bond acceptors (Lipinski definition) is 3. The Balaban J connectivity index is 1.54. The van der Waals surface area contributed by atoms with Gasteiger partial charge in [-0.15, -0.1) is 0 Å². The van der Waals surface area contributed by atoms with Crippen LogP contribution in [0.25, 0.3) is 0 Å². The lowest BCUT2D eigenvalue weighted by molar-refractivity contribution is 0.0153. The van der Waals surface area contributed by atoms with Crippen LogP contribution < -0.4 is 0 Å². The van der Waals surface area contributed by atoms with Crippen molar-refractivity contribution in [2.45, 2.75) is 62.8 Å². The van der Waals surface area contributed by atoms with Crippen LogP contribution in [-0.2, 0) is 0 Å². The number of rotatable bonds is 2. The van der Waals surface area contributed by atoms with E-state index in [1.54, 1.807) is 0 Å². The summed E-state index contributed by atoms with van der Waals surface area (Å²) in [5, 5.41) is 0.927. The molecule has 0 bridgehead atoms. The average Bonchev–Trinajstić information content (AvgIpc) is 2.41. The molecule has 0 aromatic heterocycles. The quantitative estimate of drug-likeness (QED) is 0.760. The van der Waals surface area contributed by atoms with Crippen LogP contribution in [0.3, 0.4) is 0 Å². The van der Waals surface area contributed by atoms with Gasteiger partial charge >= 0.3 is 0 Å². The molecule has 3 aliphatic heterocycles. The zero-order valence-electron chi connectivity index (χ0n) is 11.8. The van der Waals surface area contributed by atoms with Gasteiger partial charge < -0.3 is 0 Å². The molecule has 3 heterocycles. The number of nitrogens with zero attached hydrogens (tertiary/aromatic N) is 2. The Morgan fingerprint density at radius 3 is 2.78 bits per heavy atom. The fourth-order valence-corrected chi connectivity index (χ4v) is 5.21. The first kappa shape index (κ1) is 13.3. The molecule has 3 unspecified atom stereocenters. The molecule has 3 fully saturated rings. The van der Waals surface area contributed by atoms with Crippen molar-refractivity contribution in [3.63, 3.8) is 0 Å². The number of thioether (sulfide) groups is 1. The molecular weight excluding hydrogens is 240 g/mol. The second-order valence-electron chi connectivity index (χ2n) is 6.44. The van der Waals surface area contributed by atoms with Crippen LogP contribution in [0, 0.1) is 0 Å². The van der Waals surface area contributed by atoms with Gasteiger partial charge in [0.2, 0.25) is 0 Å². The monoisotopic (exact) mass is 268 g/mol. The van der Waals surface area contributed by atoms with Crippen LogP contribution in [0.2, 0.25) is 0 Å². The smallest absolute Gasteiger partial charge is 0.0223 e. The van der Waals surface area contributed by atoms with Crippen molar-refractivity contribution in [3.05, 3.63) is 0 Å². The molecule has 0 aromatic carbocycles. The highest BCUT2D eigenvalue weighted by Crippen LogP contribution is 2.29. The highest BCUT2D eigenvalue weighted by atomic mass is 32.2. The Morgan fingerprint density at radius 1 is 1.06 bits per heavy atom. The first-order chi connectivity index (χ1) is 8.83. The number of hydrogen-bond donors (Lipinski definition) is 0. The van der Waals surface area contributed by atoms with Gasteiger partial charge in [0.05, 0.1) is 0 Å². The SMILES string of the molecule is CC1CN2CCCCC2CN1CC1CCCCS1. The zero-order chi connectivity index (χ0) is 12.4. The fourth-order valence-electron chi connectivity index (χ4n) is 3.88. The van der Waals surface area contributed by atoms with Crippen molar-refractivity contribution in [1.29, 1.82) is 0 Å². The van der Waals surface area contributed by atoms with Gasteiger partial charge in [-0.2, -0.15) is 11.8 Å². The van der Waals surface area contributed by atoms with Crippen molar-refractivity contribution in [2.75, 3.05) is 31.9 Å². The summed E-state index contributed by atoms with van der Waals surface area (Å²) in [5.74, 6) is 1.41. The van der Waals surface area contributed by atoms with E-state index in [0.717, 1.165) is 17.3 Å². The van der Waals surface area contributed by atoms with Crippen LogP contribution in [0.5, 0.6) is 0 Å². The van der Waals surface area contributed by atoms with Gasteiger partial charge in [0.25, 0.3) is 0 Å². The minimum absolute atomic E-state index is 0.780. The summed E-state index contributed by atoms with van der Waals surface area (Å²) in [6.07, 6.45) is 8.72. The second kappa shape index (κ2) is 6.15. The summed E-state index contributed by atoms with van der Waals surface area (Å²) >= 11 is 2.23. The molecule has 0 aliphatic carbocycles. The van der Waals surface area contributed by atoms with E-state index in [1.165, 1.54) is 70.5 Å². The lowest BCUT2D eigenvalue weighted by atomic mass is 9.97. The average molecular weight is 268 g/mol. The van der Waals surface area contributed by atoms with Crippen LogP contribution in [-0.4, -0.2) is 59.1 Å². The first-order valence-electron chi connectivity index (χ1n) is 7.92. The molecule has 3 atom stereocenters. The Labute approximate surface area is 116 Å². The third kappa shape index (κ3) is 3.05. The summed E-state index contributed by atoms with van der Waals surface area (Å²) in [6.45, 7) is 7.83. The summed E-state index contributed by atoms with van der Waals surface area (Å²) in [4.78, 5) is 5.56. The summed E-state index contributed by atoms with van der Waals surface area (Å²) in [7, 11) is 0. The molecule has 3 saturated heterocycles. The largest absolute Gasteiger partial charge is 0.298 e. The van der Waals surface area contributed by atoms with Crippen LogP contribution in [0.4, 0.5) is 0 Å². The molecule has 0 aromatic rings. The van der Waals surface area contributed by atoms with E-state index >= 15 is 0 Å². The Kier molecular flexibility index (Phi) is 4.53. The zero-order valence-corrected chi connectivity index (χ0v) is 12.6. The first-order valence-corrected chi connectivity index (χ1v) is 8.97. The minimum Gasteiger partial charge on any atom is -0.298 e. The van der Waals surface area contributed by atoms with E-state index in [0.29, 0.717) is 0 Å². The van der Waals surface area contributed by atoms with E-state index in [-0.39, 0.29) is 0 Å². The van der Waals surface area contributed by atoms with E-state index in [9.17, 15) is 0 Å². The fraction of sp³-hybridized carbons (Fsp3) is 1.00. The van der Waals surface area contributed by atoms with E-state index in [1.807, 2.05) is 0 Å². The summed E-state index contributed by atoms with van der Waals surface area (Å²) in [6, 6.07) is 1.66. The molecule has 3 aliphatic rings.